The van der Waals surface area contributed by atoms with Crippen molar-refractivity contribution in [3.05, 3.63) is 0 Å². The Morgan fingerprint density at radius 2 is 2.17 bits per heavy atom. The molecule has 1 saturated heterocycles. The SMILES string of the molecule is CC1(C)OCC2C(CO)CCC21. The Balaban J connectivity index is 2.11. The van der Waals surface area contributed by atoms with Crippen LogP contribution in [0.3, 0.4) is 0 Å². The van der Waals surface area contributed by atoms with Gasteiger partial charge in [-0.15, -0.1) is 0 Å². The molecule has 12 heavy (non-hydrogen) atoms. The first kappa shape index (κ1) is 8.52. The van der Waals surface area contributed by atoms with Gasteiger partial charge in [-0.05, 0) is 44.4 Å². The molecule has 1 aliphatic carbocycles. The third-order valence-electron chi connectivity index (χ3n) is 3.75. The van der Waals surface area contributed by atoms with E-state index < -0.39 is 0 Å². The van der Waals surface area contributed by atoms with Gasteiger partial charge in [0, 0.05) is 6.61 Å². The maximum atomic E-state index is 9.13. The van der Waals surface area contributed by atoms with Crippen molar-refractivity contribution in [2.24, 2.45) is 17.8 Å². The van der Waals surface area contributed by atoms with Crippen LogP contribution in [0.4, 0.5) is 0 Å². The molecule has 0 spiro atoms. The fourth-order valence-corrected chi connectivity index (χ4v) is 2.91. The molecule has 0 radical (unpaired) electrons. The lowest BCUT2D eigenvalue weighted by atomic mass is 9.83. The smallest absolute Gasteiger partial charge is 0.0658 e. The Morgan fingerprint density at radius 3 is 2.83 bits per heavy atom. The second-order valence-corrected chi connectivity index (χ2v) is 4.70. The van der Waals surface area contributed by atoms with Crippen LogP contribution in [0.2, 0.25) is 0 Å². The Labute approximate surface area is 73.9 Å². The minimum Gasteiger partial charge on any atom is -0.396 e. The molecule has 70 valence electrons. The molecule has 1 N–H and O–H groups in total. The number of ether oxygens (including phenoxy) is 1. The minimum absolute atomic E-state index is 0.0641. The van der Waals surface area contributed by atoms with Crippen LogP contribution in [0.25, 0.3) is 0 Å². The minimum atomic E-state index is 0.0641. The number of fused-ring (bicyclic) bond motifs is 1. The van der Waals surface area contributed by atoms with E-state index in [0.29, 0.717) is 24.4 Å². The zero-order chi connectivity index (χ0) is 8.77. The Hall–Kier alpha value is -0.0800. The summed E-state index contributed by atoms with van der Waals surface area (Å²) in [6.07, 6.45) is 2.43. The van der Waals surface area contributed by atoms with E-state index in [1.165, 1.54) is 12.8 Å². The van der Waals surface area contributed by atoms with Crippen molar-refractivity contribution in [1.82, 2.24) is 0 Å². The molecule has 2 fully saturated rings. The maximum Gasteiger partial charge on any atom is 0.0658 e. The number of hydrogen-bond donors (Lipinski definition) is 1. The van der Waals surface area contributed by atoms with E-state index in [9.17, 15) is 0 Å². The molecule has 3 unspecified atom stereocenters. The van der Waals surface area contributed by atoms with E-state index >= 15 is 0 Å². The molecule has 1 heterocycles. The largest absolute Gasteiger partial charge is 0.396 e. The molecule has 2 aliphatic rings. The monoisotopic (exact) mass is 170 g/mol. The number of hydrogen-bond acceptors (Lipinski definition) is 2. The van der Waals surface area contributed by atoms with Crippen LogP contribution in [0.15, 0.2) is 0 Å². The van der Waals surface area contributed by atoms with Gasteiger partial charge in [-0.2, -0.15) is 0 Å². The Morgan fingerprint density at radius 1 is 1.42 bits per heavy atom. The van der Waals surface area contributed by atoms with Crippen LogP contribution in [-0.4, -0.2) is 23.9 Å². The second kappa shape index (κ2) is 2.71. The predicted molar refractivity (Wildman–Crippen MR) is 46.8 cm³/mol. The fraction of sp³-hybridized carbons (Fsp3) is 1.00. The molecule has 0 aromatic heterocycles. The summed E-state index contributed by atoms with van der Waals surface area (Å²) in [5, 5.41) is 9.13. The number of aliphatic hydroxyl groups excluding tert-OH is 1. The summed E-state index contributed by atoms with van der Waals surface area (Å²) in [5.74, 6) is 1.83. The molecular formula is C10H18O2. The molecule has 0 bridgehead atoms. The van der Waals surface area contributed by atoms with Crippen molar-refractivity contribution in [3.63, 3.8) is 0 Å². The van der Waals surface area contributed by atoms with Gasteiger partial charge >= 0.3 is 0 Å². The van der Waals surface area contributed by atoms with Gasteiger partial charge in [0.15, 0.2) is 0 Å². The van der Waals surface area contributed by atoms with Crippen LogP contribution in [0.1, 0.15) is 26.7 Å². The lowest BCUT2D eigenvalue weighted by molar-refractivity contribution is 0.00686. The lowest BCUT2D eigenvalue weighted by Crippen LogP contribution is -2.28. The Kier molecular flexibility index (Phi) is 1.92. The van der Waals surface area contributed by atoms with Gasteiger partial charge < -0.3 is 9.84 Å². The van der Waals surface area contributed by atoms with E-state index in [0.717, 1.165) is 6.61 Å². The average molecular weight is 170 g/mol. The first-order chi connectivity index (χ1) is 5.65. The summed E-state index contributed by atoms with van der Waals surface area (Å²) < 4.78 is 5.73. The van der Waals surface area contributed by atoms with Gasteiger partial charge in [-0.25, -0.2) is 0 Å². The summed E-state index contributed by atoms with van der Waals surface area (Å²) in [4.78, 5) is 0. The van der Waals surface area contributed by atoms with E-state index in [-0.39, 0.29) is 5.60 Å². The van der Waals surface area contributed by atoms with E-state index in [2.05, 4.69) is 13.8 Å². The highest BCUT2D eigenvalue weighted by atomic mass is 16.5. The normalized spacial score (nSPS) is 44.8. The van der Waals surface area contributed by atoms with E-state index in [4.69, 9.17) is 9.84 Å². The fourth-order valence-electron chi connectivity index (χ4n) is 2.91. The van der Waals surface area contributed by atoms with Crippen LogP contribution < -0.4 is 0 Å². The lowest BCUT2D eigenvalue weighted by Gasteiger charge is -2.24. The molecule has 3 atom stereocenters. The molecule has 0 amide bonds. The van der Waals surface area contributed by atoms with Crippen molar-refractivity contribution in [1.29, 1.82) is 0 Å². The molecule has 2 rings (SSSR count). The molecule has 1 saturated carbocycles. The summed E-state index contributed by atoms with van der Waals surface area (Å²) in [6, 6.07) is 0. The van der Waals surface area contributed by atoms with Gasteiger partial charge in [-0.3, -0.25) is 0 Å². The third-order valence-corrected chi connectivity index (χ3v) is 3.75. The summed E-state index contributed by atoms with van der Waals surface area (Å²) in [6.45, 7) is 5.57. The topological polar surface area (TPSA) is 29.5 Å². The van der Waals surface area contributed by atoms with Crippen LogP contribution in [0.5, 0.6) is 0 Å². The molecule has 2 heteroatoms. The number of aliphatic hydroxyl groups is 1. The average Bonchev–Trinajstić information content (AvgIpc) is 2.53. The van der Waals surface area contributed by atoms with Crippen LogP contribution >= 0.6 is 0 Å². The highest BCUT2D eigenvalue weighted by Gasteiger charge is 2.49. The van der Waals surface area contributed by atoms with Gasteiger partial charge in [0.2, 0.25) is 0 Å². The molecule has 0 aromatic carbocycles. The molecule has 2 nitrogen and oxygen atoms in total. The molecular weight excluding hydrogens is 152 g/mol. The van der Waals surface area contributed by atoms with Crippen molar-refractivity contribution in [2.75, 3.05) is 13.2 Å². The van der Waals surface area contributed by atoms with E-state index in [1.807, 2.05) is 0 Å². The molecule has 0 aromatic rings. The van der Waals surface area contributed by atoms with Gasteiger partial charge in [0.25, 0.3) is 0 Å². The van der Waals surface area contributed by atoms with Gasteiger partial charge in [0.05, 0.1) is 12.2 Å². The predicted octanol–water partition coefficient (Wildman–Crippen LogP) is 1.43. The van der Waals surface area contributed by atoms with Crippen molar-refractivity contribution < 1.29 is 9.84 Å². The van der Waals surface area contributed by atoms with Crippen LogP contribution in [-0.2, 0) is 4.74 Å². The molecule has 1 aliphatic heterocycles. The third kappa shape index (κ3) is 1.09. The summed E-state index contributed by atoms with van der Waals surface area (Å²) >= 11 is 0. The summed E-state index contributed by atoms with van der Waals surface area (Å²) in [7, 11) is 0. The van der Waals surface area contributed by atoms with Crippen LogP contribution in [0, 0.1) is 17.8 Å². The first-order valence-electron chi connectivity index (χ1n) is 4.90. The maximum absolute atomic E-state index is 9.13. The highest BCUT2D eigenvalue weighted by Crippen LogP contribution is 2.49. The first-order valence-corrected chi connectivity index (χ1v) is 4.90. The van der Waals surface area contributed by atoms with Crippen molar-refractivity contribution in [3.8, 4) is 0 Å². The zero-order valence-corrected chi connectivity index (χ0v) is 7.92. The summed E-state index contributed by atoms with van der Waals surface area (Å²) in [5.41, 5.74) is 0.0641. The quantitative estimate of drug-likeness (QED) is 0.645. The Bertz CT molecular complexity index is 177. The van der Waals surface area contributed by atoms with Gasteiger partial charge in [0.1, 0.15) is 0 Å². The van der Waals surface area contributed by atoms with Gasteiger partial charge in [-0.1, -0.05) is 0 Å². The zero-order valence-electron chi connectivity index (χ0n) is 7.92. The highest BCUT2D eigenvalue weighted by molar-refractivity contribution is 4.97. The van der Waals surface area contributed by atoms with Crippen molar-refractivity contribution >= 4 is 0 Å². The van der Waals surface area contributed by atoms with E-state index in [1.54, 1.807) is 0 Å². The standard InChI is InChI=1S/C10H18O2/c1-10(2)9-4-3-7(5-11)8(9)6-12-10/h7-9,11H,3-6H2,1-2H3. The number of rotatable bonds is 1. The second-order valence-electron chi connectivity index (χ2n) is 4.70. The van der Waals surface area contributed by atoms with Crippen molar-refractivity contribution in [2.45, 2.75) is 32.3 Å².